The van der Waals surface area contributed by atoms with Gasteiger partial charge in [0.05, 0.1) is 16.7 Å². The lowest BCUT2D eigenvalue weighted by molar-refractivity contribution is 1.18. The second-order valence-electron chi connectivity index (χ2n) is 11.1. The number of benzene rings is 7. The van der Waals surface area contributed by atoms with Crippen molar-refractivity contribution in [1.82, 2.24) is 4.57 Å². The normalized spacial score (nSPS) is 11.3. The average Bonchev–Trinajstić information content (AvgIpc) is 3.42. The first-order valence-corrected chi connectivity index (χ1v) is 15.7. The zero-order valence-electron chi connectivity index (χ0n) is 24.0. The van der Waals surface area contributed by atoms with Crippen molar-refractivity contribution in [2.24, 2.45) is 0 Å². The van der Waals surface area contributed by atoms with Crippen molar-refractivity contribution >= 4 is 37.7 Å². The Balaban J connectivity index is 1.37. The lowest BCUT2D eigenvalue weighted by atomic mass is 9.97. The number of nitrogens with zero attached hydrogens (tertiary/aromatic N) is 1. The number of para-hydroxylation sites is 1. The van der Waals surface area contributed by atoms with E-state index in [2.05, 4.69) is 190 Å². The van der Waals surface area contributed by atoms with Crippen molar-refractivity contribution in [3.63, 3.8) is 0 Å². The van der Waals surface area contributed by atoms with E-state index >= 15 is 0 Å². The molecule has 0 fully saturated rings. The molecule has 0 unspecified atom stereocenters. The van der Waals surface area contributed by atoms with Crippen LogP contribution < -0.4 is 0 Å². The summed E-state index contributed by atoms with van der Waals surface area (Å²) in [6, 6.07) is 61.1. The van der Waals surface area contributed by atoms with Gasteiger partial charge in [0.1, 0.15) is 0 Å². The van der Waals surface area contributed by atoms with Gasteiger partial charge in [0.25, 0.3) is 0 Å². The molecule has 0 aliphatic carbocycles. The van der Waals surface area contributed by atoms with Gasteiger partial charge in [-0.25, -0.2) is 0 Å². The van der Waals surface area contributed by atoms with Gasteiger partial charge in [-0.05, 0) is 75.3 Å². The average molecular weight is 627 g/mol. The number of rotatable bonds is 5. The Morgan fingerprint density at radius 2 is 0.932 bits per heavy atom. The van der Waals surface area contributed by atoms with Crippen LogP contribution in [0.4, 0.5) is 0 Å². The van der Waals surface area contributed by atoms with Crippen molar-refractivity contribution in [3.05, 3.63) is 174 Å². The molecule has 0 aliphatic heterocycles. The van der Waals surface area contributed by atoms with E-state index < -0.39 is 0 Å². The maximum absolute atomic E-state index is 3.74. The summed E-state index contributed by atoms with van der Waals surface area (Å²) in [5, 5.41) is 2.50. The third-order valence-electron chi connectivity index (χ3n) is 8.48. The van der Waals surface area contributed by atoms with E-state index in [1.54, 1.807) is 0 Å². The predicted molar refractivity (Wildman–Crippen MR) is 190 cm³/mol. The van der Waals surface area contributed by atoms with Crippen molar-refractivity contribution in [2.45, 2.75) is 0 Å². The van der Waals surface area contributed by atoms with Crippen molar-refractivity contribution in [3.8, 4) is 50.2 Å². The summed E-state index contributed by atoms with van der Waals surface area (Å²) in [7, 11) is 0. The SMILES string of the molecule is Brc1ccccc1-c1cccc(-c2ccc3c4ccccc4n(-c4ccc(-c5ccccc5)cc4-c4ccccc4)c3c2)c1. The molecule has 0 aliphatic rings. The highest BCUT2D eigenvalue weighted by atomic mass is 79.9. The molecule has 8 rings (SSSR count). The fourth-order valence-electron chi connectivity index (χ4n) is 6.36. The smallest absolute Gasteiger partial charge is 0.0547 e. The number of aromatic nitrogens is 1. The van der Waals surface area contributed by atoms with E-state index in [0.717, 1.165) is 4.47 Å². The third kappa shape index (κ3) is 4.65. The van der Waals surface area contributed by atoms with Crippen LogP contribution in [0.15, 0.2) is 174 Å². The maximum atomic E-state index is 3.74. The molecule has 0 saturated heterocycles. The molecule has 1 heterocycles. The van der Waals surface area contributed by atoms with Gasteiger partial charge >= 0.3 is 0 Å². The molecular weight excluding hydrogens is 598 g/mol. The Morgan fingerprint density at radius 3 is 1.75 bits per heavy atom. The van der Waals surface area contributed by atoms with Gasteiger partial charge in [0.15, 0.2) is 0 Å². The summed E-state index contributed by atoms with van der Waals surface area (Å²) in [4.78, 5) is 0. The molecule has 0 N–H and O–H groups in total. The summed E-state index contributed by atoms with van der Waals surface area (Å²) in [5.74, 6) is 0. The van der Waals surface area contributed by atoms with Gasteiger partial charge in [-0.3, -0.25) is 0 Å². The van der Waals surface area contributed by atoms with Gasteiger partial charge in [-0.2, -0.15) is 0 Å². The molecule has 8 aromatic rings. The molecule has 7 aromatic carbocycles. The van der Waals surface area contributed by atoms with E-state index in [9.17, 15) is 0 Å². The third-order valence-corrected chi connectivity index (χ3v) is 9.18. The van der Waals surface area contributed by atoms with Crippen LogP contribution in [0, 0.1) is 0 Å². The molecule has 0 saturated carbocycles. The first-order valence-electron chi connectivity index (χ1n) is 14.9. The Morgan fingerprint density at radius 1 is 0.341 bits per heavy atom. The summed E-state index contributed by atoms with van der Waals surface area (Å²) >= 11 is 3.74. The fraction of sp³-hybridized carbons (Fsp3) is 0. The van der Waals surface area contributed by atoms with Gasteiger partial charge in [-0.1, -0.05) is 149 Å². The monoisotopic (exact) mass is 625 g/mol. The van der Waals surface area contributed by atoms with Crippen LogP contribution in [-0.4, -0.2) is 4.57 Å². The minimum absolute atomic E-state index is 1.10. The topological polar surface area (TPSA) is 4.93 Å². The van der Waals surface area contributed by atoms with E-state index in [1.165, 1.54) is 72.0 Å². The minimum Gasteiger partial charge on any atom is -0.309 e. The first-order chi connectivity index (χ1) is 21.7. The predicted octanol–water partition coefficient (Wildman–Crippen LogP) is 12.2. The van der Waals surface area contributed by atoms with Gasteiger partial charge in [0.2, 0.25) is 0 Å². The van der Waals surface area contributed by atoms with Crippen molar-refractivity contribution in [1.29, 1.82) is 0 Å². The molecule has 2 heteroatoms. The Bertz CT molecular complexity index is 2280. The van der Waals surface area contributed by atoms with Crippen molar-refractivity contribution in [2.75, 3.05) is 0 Å². The van der Waals surface area contributed by atoms with E-state index in [-0.39, 0.29) is 0 Å². The van der Waals surface area contributed by atoms with Gasteiger partial charge in [-0.15, -0.1) is 0 Å². The quantitative estimate of drug-likeness (QED) is 0.179. The highest BCUT2D eigenvalue weighted by Gasteiger charge is 2.17. The van der Waals surface area contributed by atoms with Crippen LogP contribution in [0.1, 0.15) is 0 Å². The molecule has 44 heavy (non-hydrogen) atoms. The highest BCUT2D eigenvalue weighted by molar-refractivity contribution is 9.10. The summed E-state index contributed by atoms with van der Waals surface area (Å²) < 4.78 is 3.54. The van der Waals surface area contributed by atoms with E-state index in [0.29, 0.717) is 0 Å². The highest BCUT2D eigenvalue weighted by Crippen LogP contribution is 2.40. The van der Waals surface area contributed by atoms with Crippen molar-refractivity contribution < 1.29 is 0 Å². The molecule has 0 atom stereocenters. The van der Waals surface area contributed by atoms with E-state index in [1.807, 2.05) is 0 Å². The number of halogens is 1. The van der Waals surface area contributed by atoms with Crippen LogP contribution in [0.5, 0.6) is 0 Å². The van der Waals surface area contributed by atoms with Crippen LogP contribution in [0.2, 0.25) is 0 Å². The number of fused-ring (bicyclic) bond motifs is 3. The maximum Gasteiger partial charge on any atom is 0.0547 e. The molecule has 0 amide bonds. The van der Waals surface area contributed by atoms with Gasteiger partial charge < -0.3 is 4.57 Å². The number of hydrogen-bond donors (Lipinski definition) is 0. The largest absolute Gasteiger partial charge is 0.309 e. The van der Waals surface area contributed by atoms with Gasteiger partial charge in [0, 0.05) is 20.8 Å². The standard InChI is InChI=1S/C42H28BrN/c43-39-20-9-7-18-35(39)34-17-11-16-31(26-34)33-22-24-37-36-19-8-10-21-40(36)44(42(37)28-33)41-25-23-32(29-12-3-1-4-13-29)27-38(41)30-14-5-2-6-15-30/h1-28H. The summed E-state index contributed by atoms with van der Waals surface area (Å²) in [5.41, 5.74) is 13.2. The summed E-state index contributed by atoms with van der Waals surface area (Å²) in [6.45, 7) is 0. The Labute approximate surface area is 265 Å². The second kappa shape index (κ2) is 11.1. The molecule has 0 radical (unpaired) electrons. The van der Waals surface area contributed by atoms with Crippen LogP contribution in [0.3, 0.4) is 0 Å². The minimum atomic E-state index is 1.10. The van der Waals surface area contributed by atoms with Crippen LogP contribution in [0.25, 0.3) is 72.0 Å². The van der Waals surface area contributed by atoms with E-state index in [4.69, 9.17) is 0 Å². The first kappa shape index (κ1) is 26.4. The second-order valence-corrected chi connectivity index (χ2v) is 12.0. The molecular formula is C42H28BrN. The molecule has 0 bridgehead atoms. The Kier molecular flexibility index (Phi) is 6.70. The zero-order chi connectivity index (χ0) is 29.5. The van der Waals surface area contributed by atoms with Crippen LogP contribution >= 0.6 is 15.9 Å². The Hall–Kier alpha value is -5.18. The molecule has 1 aromatic heterocycles. The lowest BCUT2D eigenvalue weighted by Gasteiger charge is -2.16. The van der Waals surface area contributed by atoms with Crippen LogP contribution in [-0.2, 0) is 0 Å². The molecule has 208 valence electrons. The number of hydrogen-bond acceptors (Lipinski definition) is 0. The lowest BCUT2D eigenvalue weighted by Crippen LogP contribution is -1.98. The zero-order valence-corrected chi connectivity index (χ0v) is 25.6. The molecule has 0 spiro atoms. The fourth-order valence-corrected chi connectivity index (χ4v) is 6.88. The molecule has 1 nitrogen and oxygen atoms in total. The summed E-state index contributed by atoms with van der Waals surface area (Å²) in [6.07, 6.45) is 0.